The monoisotopic (exact) mass is 483 g/mol. The number of carbonyl (C=O) groups is 4. The summed E-state index contributed by atoms with van der Waals surface area (Å²) in [6, 6.07) is 18.3. The van der Waals surface area contributed by atoms with Crippen LogP contribution >= 0.6 is 0 Å². The number of imide groups is 2. The first-order valence-corrected chi connectivity index (χ1v) is 11.3. The Bertz CT molecular complexity index is 1390. The van der Waals surface area contributed by atoms with E-state index in [0.29, 0.717) is 22.7 Å². The van der Waals surface area contributed by atoms with E-state index in [-0.39, 0.29) is 18.1 Å². The van der Waals surface area contributed by atoms with Gasteiger partial charge < -0.3 is 10.1 Å². The summed E-state index contributed by atoms with van der Waals surface area (Å²) in [6.45, 7) is 5.63. The van der Waals surface area contributed by atoms with Crippen LogP contribution in [0.3, 0.4) is 0 Å². The van der Waals surface area contributed by atoms with Crippen molar-refractivity contribution in [3.8, 4) is 5.75 Å². The molecule has 3 aromatic carbocycles. The lowest BCUT2D eigenvalue weighted by Gasteiger charge is -2.26. The van der Waals surface area contributed by atoms with Crippen LogP contribution in [-0.4, -0.2) is 30.4 Å². The number of ether oxygens (including phenoxy) is 1. The number of hydrogen-bond donors (Lipinski definition) is 2. The zero-order valence-corrected chi connectivity index (χ0v) is 20.1. The van der Waals surface area contributed by atoms with E-state index in [2.05, 4.69) is 10.6 Å². The van der Waals surface area contributed by atoms with Gasteiger partial charge in [-0.1, -0.05) is 35.9 Å². The Labute approximate surface area is 208 Å². The van der Waals surface area contributed by atoms with Gasteiger partial charge in [0.1, 0.15) is 11.3 Å². The second kappa shape index (κ2) is 10.3. The molecule has 1 saturated heterocycles. The Morgan fingerprint density at radius 2 is 1.69 bits per heavy atom. The highest BCUT2D eigenvalue weighted by molar-refractivity contribution is 6.39. The molecule has 4 rings (SSSR count). The van der Waals surface area contributed by atoms with Gasteiger partial charge >= 0.3 is 6.03 Å². The van der Waals surface area contributed by atoms with Crippen LogP contribution in [-0.2, 0) is 14.4 Å². The van der Waals surface area contributed by atoms with Gasteiger partial charge in [-0.05, 0) is 79.9 Å². The van der Waals surface area contributed by atoms with Crippen molar-refractivity contribution in [2.45, 2.75) is 20.8 Å². The summed E-state index contributed by atoms with van der Waals surface area (Å²) in [5.74, 6) is -1.45. The molecule has 0 spiro atoms. The first-order chi connectivity index (χ1) is 17.2. The fourth-order valence-electron chi connectivity index (χ4n) is 3.61. The van der Waals surface area contributed by atoms with E-state index >= 15 is 0 Å². The number of barbiturate groups is 1. The molecule has 8 heteroatoms. The molecule has 3 aromatic rings. The summed E-state index contributed by atoms with van der Waals surface area (Å²) >= 11 is 0. The topological polar surface area (TPSA) is 105 Å². The van der Waals surface area contributed by atoms with Crippen LogP contribution in [0.2, 0.25) is 0 Å². The fraction of sp³-hybridized carbons (Fsp3) is 0.143. The van der Waals surface area contributed by atoms with Crippen molar-refractivity contribution in [3.63, 3.8) is 0 Å². The lowest BCUT2D eigenvalue weighted by atomic mass is 10.1. The maximum Gasteiger partial charge on any atom is 0.335 e. The maximum absolute atomic E-state index is 13.0. The zero-order chi connectivity index (χ0) is 25.8. The van der Waals surface area contributed by atoms with Crippen LogP contribution < -0.4 is 20.3 Å². The average Bonchev–Trinajstić information content (AvgIpc) is 2.84. The Morgan fingerprint density at radius 3 is 2.42 bits per heavy atom. The van der Waals surface area contributed by atoms with Gasteiger partial charge in [0.25, 0.3) is 17.7 Å². The third kappa shape index (κ3) is 5.50. The fourth-order valence-corrected chi connectivity index (χ4v) is 3.61. The largest absolute Gasteiger partial charge is 0.484 e. The van der Waals surface area contributed by atoms with Crippen molar-refractivity contribution in [2.24, 2.45) is 0 Å². The predicted octanol–water partition coefficient (Wildman–Crippen LogP) is 4.30. The number of benzene rings is 3. The van der Waals surface area contributed by atoms with E-state index in [1.807, 2.05) is 39.0 Å². The van der Waals surface area contributed by atoms with Gasteiger partial charge in [0.2, 0.25) is 0 Å². The number of nitrogens with one attached hydrogen (secondary N) is 2. The van der Waals surface area contributed by atoms with Gasteiger partial charge in [-0.15, -0.1) is 0 Å². The van der Waals surface area contributed by atoms with E-state index in [1.165, 1.54) is 6.08 Å². The highest BCUT2D eigenvalue weighted by Crippen LogP contribution is 2.23. The number of rotatable bonds is 6. The summed E-state index contributed by atoms with van der Waals surface area (Å²) in [7, 11) is 0. The van der Waals surface area contributed by atoms with Crippen molar-refractivity contribution in [1.29, 1.82) is 0 Å². The van der Waals surface area contributed by atoms with Crippen LogP contribution in [0.4, 0.5) is 16.2 Å². The van der Waals surface area contributed by atoms with Gasteiger partial charge in [0, 0.05) is 5.69 Å². The number of amides is 5. The summed E-state index contributed by atoms with van der Waals surface area (Å²) in [5.41, 5.74) is 4.51. The molecular weight excluding hydrogens is 458 g/mol. The molecule has 0 atom stereocenters. The molecule has 1 heterocycles. The lowest BCUT2D eigenvalue weighted by Crippen LogP contribution is -2.54. The molecule has 0 aliphatic carbocycles. The number of urea groups is 1. The molecular formula is C28H25N3O5. The third-order valence-corrected chi connectivity index (χ3v) is 5.72. The first kappa shape index (κ1) is 24.4. The second-order valence-corrected chi connectivity index (χ2v) is 8.50. The molecule has 0 aromatic heterocycles. The normalized spacial score (nSPS) is 14.6. The Balaban J connectivity index is 1.47. The Morgan fingerprint density at radius 1 is 0.944 bits per heavy atom. The predicted molar refractivity (Wildman–Crippen MR) is 137 cm³/mol. The van der Waals surface area contributed by atoms with Gasteiger partial charge in [0.15, 0.2) is 6.61 Å². The number of carbonyl (C=O) groups excluding carboxylic acids is 4. The molecule has 0 saturated carbocycles. The van der Waals surface area contributed by atoms with E-state index in [9.17, 15) is 19.2 Å². The zero-order valence-electron chi connectivity index (χ0n) is 20.1. The summed E-state index contributed by atoms with van der Waals surface area (Å²) in [4.78, 5) is 51.1. The lowest BCUT2D eigenvalue weighted by molar-refractivity contribution is -0.122. The Kier molecular flexibility index (Phi) is 6.96. The van der Waals surface area contributed by atoms with Crippen LogP contribution in [0.1, 0.15) is 22.3 Å². The molecule has 1 fully saturated rings. The molecule has 5 amide bonds. The highest BCUT2D eigenvalue weighted by atomic mass is 16.5. The van der Waals surface area contributed by atoms with Gasteiger partial charge in [0.05, 0.1) is 5.69 Å². The summed E-state index contributed by atoms with van der Waals surface area (Å²) in [6.07, 6.45) is 1.38. The van der Waals surface area contributed by atoms with Gasteiger partial charge in [-0.25, -0.2) is 9.69 Å². The first-order valence-electron chi connectivity index (χ1n) is 11.3. The van der Waals surface area contributed by atoms with Crippen molar-refractivity contribution < 1.29 is 23.9 Å². The minimum Gasteiger partial charge on any atom is -0.484 e. The van der Waals surface area contributed by atoms with Crippen molar-refractivity contribution in [2.75, 3.05) is 16.8 Å². The quantitative estimate of drug-likeness (QED) is 0.402. The van der Waals surface area contributed by atoms with E-state index in [4.69, 9.17) is 4.74 Å². The maximum atomic E-state index is 13.0. The molecule has 0 bridgehead atoms. The molecule has 0 radical (unpaired) electrons. The molecule has 2 N–H and O–H groups in total. The molecule has 1 aliphatic heterocycles. The molecule has 182 valence electrons. The van der Waals surface area contributed by atoms with Crippen molar-refractivity contribution in [3.05, 3.63) is 94.6 Å². The minimum atomic E-state index is -0.808. The van der Waals surface area contributed by atoms with Gasteiger partial charge in [-0.2, -0.15) is 0 Å². The van der Waals surface area contributed by atoms with Gasteiger partial charge in [-0.3, -0.25) is 19.7 Å². The van der Waals surface area contributed by atoms with Crippen LogP contribution in [0.15, 0.2) is 72.3 Å². The molecule has 8 nitrogen and oxygen atoms in total. The van der Waals surface area contributed by atoms with E-state index < -0.39 is 17.8 Å². The number of aryl methyl sites for hydroxylation is 3. The van der Waals surface area contributed by atoms with Crippen LogP contribution in [0.5, 0.6) is 5.75 Å². The van der Waals surface area contributed by atoms with Crippen molar-refractivity contribution in [1.82, 2.24) is 5.32 Å². The minimum absolute atomic E-state index is 0.195. The number of anilines is 2. The van der Waals surface area contributed by atoms with Crippen LogP contribution in [0, 0.1) is 20.8 Å². The summed E-state index contributed by atoms with van der Waals surface area (Å²) in [5, 5.41) is 4.99. The smallest absolute Gasteiger partial charge is 0.335 e. The highest BCUT2D eigenvalue weighted by Gasteiger charge is 2.36. The SMILES string of the molecule is Cc1ccc(N2C(=O)NC(=O)/C(=C\c3cccc(OCC(=O)Nc4ccc(C)c(C)c4)c3)C2=O)cc1. The van der Waals surface area contributed by atoms with E-state index in [0.717, 1.165) is 21.6 Å². The number of hydrogen-bond acceptors (Lipinski definition) is 5. The molecule has 1 aliphatic rings. The second-order valence-electron chi connectivity index (χ2n) is 8.50. The number of nitrogens with zero attached hydrogens (tertiary/aromatic N) is 1. The summed E-state index contributed by atoms with van der Waals surface area (Å²) < 4.78 is 5.60. The standard InChI is InChI=1S/C28H25N3O5/c1-17-7-11-22(12-8-17)31-27(34)24(26(33)30-28(31)35)15-20-5-4-6-23(14-20)36-16-25(32)29-21-10-9-18(2)19(3)13-21/h4-15H,16H2,1-3H3,(H,29,32)(H,30,33,35)/b24-15+. The average molecular weight is 484 g/mol. The van der Waals surface area contributed by atoms with E-state index in [1.54, 1.807) is 48.5 Å². The molecule has 36 heavy (non-hydrogen) atoms. The van der Waals surface area contributed by atoms with Crippen molar-refractivity contribution >= 4 is 41.2 Å². The Hall–Kier alpha value is -4.72. The molecule has 0 unspecified atom stereocenters. The van der Waals surface area contributed by atoms with Crippen LogP contribution in [0.25, 0.3) is 6.08 Å². The third-order valence-electron chi connectivity index (χ3n) is 5.72.